The number of nitrogens with zero attached hydrogens (tertiary/aromatic N) is 6. The first-order chi connectivity index (χ1) is 18.3. The van der Waals surface area contributed by atoms with E-state index in [2.05, 4.69) is 31.1 Å². The van der Waals surface area contributed by atoms with E-state index >= 15 is 0 Å². The Morgan fingerprint density at radius 2 is 1.79 bits per heavy atom. The lowest BCUT2D eigenvalue weighted by molar-refractivity contribution is -0.139. The van der Waals surface area contributed by atoms with Crippen LogP contribution in [0.2, 0.25) is 0 Å². The summed E-state index contributed by atoms with van der Waals surface area (Å²) in [7, 11) is 0. The van der Waals surface area contributed by atoms with Crippen LogP contribution in [0.1, 0.15) is 37.1 Å². The van der Waals surface area contributed by atoms with Gasteiger partial charge in [-0.1, -0.05) is 42.5 Å². The summed E-state index contributed by atoms with van der Waals surface area (Å²) in [5.74, 6) is -2.78. The van der Waals surface area contributed by atoms with Gasteiger partial charge in [0.2, 0.25) is 5.91 Å². The molecular weight excluding hydrogens is 486 g/mol. The van der Waals surface area contributed by atoms with Crippen molar-refractivity contribution in [1.82, 2.24) is 19.4 Å². The van der Waals surface area contributed by atoms with E-state index in [1.54, 1.807) is 4.90 Å². The third-order valence-electron chi connectivity index (χ3n) is 7.70. The highest BCUT2D eigenvalue weighted by molar-refractivity contribution is 5.86. The smallest absolute Gasteiger partial charge is 0.251 e. The highest BCUT2D eigenvalue weighted by Crippen LogP contribution is 2.30. The largest absolute Gasteiger partial charge is 0.357 e. The van der Waals surface area contributed by atoms with Gasteiger partial charge in [-0.25, -0.2) is 18.6 Å². The number of amides is 1. The number of alkyl halides is 2. The lowest BCUT2D eigenvalue weighted by Gasteiger charge is -2.44. The molecule has 1 amide bonds. The summed E-state index contributed by atoms with van der Waals surface area (Å²) in [6.45, 7) is 12.0. The quantitative estimate of drug-likeness (QED) is 0.432. The molecule has 1 unspecified atom stereocenters. The number of halogens is 2. The van der Waals surface area contributed by atoms with Crippen molar-refractivity contribution in [3.05, 3.63) is 89.8 Å². The second-order valence-electron chi connectivity index (χ2n) is 10.1. The maximum Gasteiger partial charge on any atom is 0.251 e. The SMILES string of the molecule is [C-]#[N+]c1ccc([C@@H](C)n2cncc2CN2CCN(c3ccccc3)C(C(=O)N3CCC(F)(F)CC3)C2)cc1. The fourth-order valence-corrected chi connectivity index (χ4v) is 5.41. The van der Waals surface area contributed by atoms with Gasteiger partial charge in [-0.05, 0) is 24.6 Å². The number of hydrogen-bond acceptors (Lipinski definition) is 4. The van der Waals surface area contributed by atoms with Gasteiger partial charge in [-0.2, -0.15) is 0 Å². The van der Waals surface area contributed by atoms with Crippen LogP contribution in [0, 0.1) is 6.57 Å². The summed E-state index contributed by atoms with van der Waals surface area (Å²) in [6, 6.07) is 17.0. The first-order valence-corrected chi connectivity index (χ1v) is 13.0. The van der Waals surface area contributed by atoms with Crippen LogP contribution in [0.5, 0.6) is 0 Å². The van der Waals surface area contributed by atoms with Crippen LogP contribution in [0.4, 0.5) is 20.2 Å². The molecule has 0 saturated carbocycles. The highest BCUT2D eigenvalue weighted by Gasteiger charge is 2.40. The number of piperidine rings is 1. The van der Waals surface area contributed by atoms with Gasteiger partial charge in [0.15, 0.2) is 5.69 Å². The zero-order valence-electron chi connectivity index (χ0n) is 21.5. The van der Waals surface area contributed by atoms with Crippen molar-refractivity contribution >= 4 is 17.3 Å². The molecule has 38 heavy (non-hydrogen) atoms. The number of carbonyl (C=O) groups is 1. The molecule has 198 valence electrons. The fraction of sp³-hybridized carbons (Fsp3) is 0.414. The molecule has 3 aromatic rings. The summed E-state index contributed by atoms with van der Waals surface area (Å²) in [4.78, 5) is 27.5. The monoisotopic (exact) mass is 518 g/mol. The van der Waals surface area contributed by atoms with Gasteiger partial charge in [0, 0.05) is 64.0 Å². The topological polar surface area (TPSA) is 49.0 Å². The number of para-hydroxylation sites is 1. The maximum absolute atomic E-state index is 13.8. The average Bonchev–Trinajstić information content (AvgIpc) is 3.41. The number of anilines is 1. The van der Waals surface area contributed by atoms with Gasteiger partial charge >= 0.3 is 0 Å². The molecule has 2 atom stereocenters. The predicted molar refractivity (Wildman–Crippen MR) is 142 cm³/mol. The molecule has 2 fully saturated rings. The summed E-state index contributed by atoms with van der Waals surface area (Å²) in [6.07, 6.45) is 3.11. The Morgan fingerprint density at radius 3 is 2.47 bits per heavy atom. The zero-order chi connectivity index (χ0) is 26.7. The minimum Gasteiger partial charge on any atom is -0.357 e. The van der Waals surface area contributed by atoms with E-state index in [4.69, 9.17) is 6.57 Å². The van der Waals surface area contributed by atoms with Gasteiger partial charge in [-0.3, -0.25) is 9.69 Å². The number of hydrogen-bond donors (Lipinski definition) is 0. The van der Waals surface area contributed by atoms with Gasteiger partial charge in [0.1, 0.15) is 6.04 Å². The van der Waals surface area contributed by atoms with Crippen LogP contribution in [0.3, 0.4) is 0 Å². The van der Waals surface area contributed by atoms with Gasteiger partial charge < -0.3 is 14.4 Å². The van der Waals surface area contributed by atoms with Crippen LogP contribution in [0.25, 0.3) is 4.85 Å². The summed E-state index contributed by atoms with van der Waals surface area (Å²) < 4.78 is 29.7. The molecule has 1 aromatic heterocycles. The average molecular weight is 519 g/mol. The Balaban J connectivity index is 1.33. The van der Waals surface area contributed by atoms with Crippen LogP contribution < -0.4 is 4.90 Å². The summed E-state index contributed by atoms with van der Waals surface area (Å²) in [5, 5.41) is 0. The fourth-order valence-electron chi connectivity index (χ4n) is 5.41. The van der Waals surface area contributed by atoms with E-state index in [9.17, 15) is 13.6 Å². The number of carbonyl (C=O) groups excluding carboxylic acids is 1. The number of rotatable bonds is 6. The molecule has 0 radical (unpaired) electrons. The molecule has 3 heterocycles. The molecule has 0 bridgehead atoms. The third kappa shape index (κ3) is 5.55. The van der Waals surface area contributed by atoms with Gasteiger partial charge in [-0.15, -0.1) is 0 Å². The van der Waals surface area contributed by atoms with Crippen LogP contribution in [0.15, 0.2) is 67.1 Å². The van der Waals surface area contributed by atoms with Crippen LogP contribution in [-0.4, -0.2) is 69.9 Å². The number of benzene rings is 2. The van der Waals surface area contributed by atoms with Crippen molar-refractivity contribution < 1.29 is 13.6 Å². The van der Waals surface area contributed by atoms with Gasteiger partial charge in [0.25, 0.3) is 5.92 Å². The number of likely N-dealkylation sites (tertiary alicyclic amines) is 1. The third-order valence-corrected chi connectivity index (χ3v) is 7.70. The number of imidazole rings is 1. The van der Waals surface area contributed by atoms with Crippen molar-refractivity contribution in [2.75, 3.05) is 37.6 Å². The standard InChI is InChI=1S/C29H32F2N6O/c1-22(23-8-10-24(32-2)11-9-23)37-21-33-18-26(37)19-34-16-17-36(25-6-4-3-5-7-25)27(20-34)28(38)35-14-12-29(30,31)13-15-35/h3-11,18,21-22,27H,12-17,19-20H2,1H3/t22-,27?/m1/s1. The van der Waals surface area contributed by atoms with E-state index in [-0.39, 0.29) is 37.9 Å². The van der Waals surface area contributed by atoms with E-state index < -0.39 is 12.0 Å². The molecular formula is C29H32F2N6O. The Bertz CT molecular complexity index is 1280. The molecule has 9 heteroatoms. The lowest BCUT2D eigenvalue weighted by Crippen LogP contribution is -2.60. The van der Waals surface area contributed by atoms with Crippen molar-refractivity contribution in [3.8, 4) is 0 Å². The molecule has 2 aliphatic rings. The Kier molecular flexibility index (Phi) is 7.43. The number of piperazine rings is 1. The minimum atomic E-state index is -2.69. The minimum absolute atomic E-state index is 0.0327. The molecule has 2 aromatic carbocycles. The maximum atomic E-state index is 13.8. The highest BCUT2D eigenvalue weighted by atomic mass is 19.3. The van der Waals surface area contributed by atoms with E-state index in [0.29, 0.717) is 25.3 Å². The zero-order valence-corrected chi connectivity index (χ0v) is 21.5. The predicted octanol–water partition coefficient (Wildman–Crippen LogP) is 4.99. The second-order valence-corrected chi connectivity index (χ2v) is 10.1. The van der Waals surface area contributed by atoms with Gasteiger partial charge in [0.05, 0.1) is 24.6 Å². The van der Waals surface area contributed by atoms with E-state index in [0.717, 1.165) is 23.5 Å². The van der Waals surface area contributed by atoms with Crippen LogP contribution in [-0.2, 0) is 11.3 Å². The summed E-state index contributed by atoms with van der Waals surface area (Å²) >= 11 is 0. The normalized spacial score (nSPS) is 20.6. The Hall–Kier alpha value is -3.77. The Morgan fingerprint density at radius 1 is 1.08 bits per heavy atom. The molecule has 2 saturated heterocycles. The molecule has 0 aliphatic carbocycles. The van der Waals surface area contributed by atoms with E-state index in [1.807, 2.05) is 67.1 Å². The molecule has 0 spiro atoms. The van der Waals surface area contributed by atoms with Crippen molar-refractivity contribution in [1.29, 1.82) is 0 Å². The first kappa shape index (κ1) is 25.9. The first-order valence-electron chi connectivity index (χ1n) is 13.0. The molecule has 2 aliphatic heterocycles. The van der Waals surface area contributed by atoms with Crippen molar-refractivity contribution in [2.45, 2.75) is 44.3 Å². The molecule has 7 nitrogen and oxygen atoms in total. The van der Waals surface area contributed by atoms with Crippen LogP contribution >= 0.6 is 0 Å². The second kappa shape index (κ2) is 10.9. The summed E-state index contributed by atoms with van der Waals surface area (Å²) in [5.41, 5.74) is 3.69. The number of aromatic nitrogens is 2. The van der Waals surface area contributed by atoms with Crippen molar-refractivity contribution in [2.24, 2.45) is 0 Å². The lowest BCUT2D eigenvalue weighted by atomic mass is 10.0. The molecule has 5 rings (SSSR count). The van der Waals surface area contributed by atoms with Crippen molar-refractivity contribution in [3.63, 3.8) is 0 Å². The van der Waals surface area contributed by atoms with E-state index in [1.165, 1.54) is 0 Å². The molecule has 0 N–H and O–H groups in total. The Labute approximate surface area is 222 Å².